The van der Waals surface area contributed by atoms with E-state index in [9.17, 15) is 8.42 Å². The van der Waals surface area contributed by atoms with Gasteiger partial charge in [-0.25, -0.2) is 13.1 Å². The van der Waals surface area contributed by atoms with Gasteiger partial charge in [0.15, 0.2) is 0 Å². The van der Waals surface area contributed by atoms with Gasteiger partial charge in [-0.2, -0.15) is 0 Å². The maximum Gasteiger partial charge on any atom is 0.242 e. The van der Waals surface area contributed by atoms with Gasteiger partial charge in [0, 0.05) is 34.1 Å². The predicted octanol–water partition coefficient (Wildman–Crippen LogP) is 2.73. The highest BCUT2D eigenvalue weighted by atomic mass is 79.9. The third-order valence-corrected chi connectivity index (χ3v) is 6.80. The van der Waals surface area contributed by atoms with Crippen LogP contribution in [0.15, 0.2) is 32.0 Å². The summed E-state index contributed by atoms with van der Waals surface area (Å²) in [7, 11) is -3.48. The molecule has 4 nitrogen and oxygen atoms in total. The number of rotatable bonds is 4. The molecule has 1 aliphatic heterocycles. The molecule has 0 aromatic heterocycles. The summed E-state index contributed by atoms with van der Waals surface area (Å²) in [6.45, 7) is 1.83. The smallest absolute Gasteiger partial charge is 0.242 e. The van der Waals surface area contributed by atoms with Crippen LogP contribution >= 0.6 is 31.9 Å². The molecule has 3 rings (SSSR count). The molecule has 2 aliphatic rings. The molecule has 0 amide bonds. The molecule has 1 unspecified atom stereocenters. The molecule has 7 heteroatoms. The van der Waals surface area contributed by atoms with E-state index in [1.807, 2.05) is 6.07 Å². The molecule has 0 bridgehead atoms. The molecule has 1 saturated heterocycles. The van der Waals surface area contributed by atoms with Gasteiger partial charge in [0.25, 0.3) is 0 Å². The van der Waals surface area contributed by atoms with Crippen LogP contribution in [0.2, 0.25) is 0 Å². The molecule has 1 aromatic carbocycles. The van der Waals surface area contributed by atoms with Crippen molar-refractivity contribution in [1.29, 1.82) is 0 Å². The molecule has 20 heavy (non-hydrogen) atoms. The predicted molar refractivity (Wildman–Crippen MR) is 85.2 cm³/mol. The van der Waals surface area contributed by atoms with E-state index in [0.717, 1.165) is 24.0 Å². The number of likely N-dealkylation sites (tertiary alicyclic amines) is 1. The first-order chi connectivity index (χ1) is 9.45. The summed E-state index contributed by atoms with van der Waals surface area (Å²) in [6.07, 6.45) is 3.41. The Hall–Kier alpha value is 0.0500. The van der Waals surface area contributed by atoms with Crippen LogP contribution in [-0.4, -0.2) is 38.5 Å². The first-order valence-corrected chi connectivity index (χ1v) is 9.74. The summed E-state index contributed by atoms with van der Waals surface area (Å²) in [5.74, 6) is 0. The molecule has 1 aliphatic carbocycles. The third kappa shape index (κ3) is 3.27. The minimum absolute atomic E-state index is 0.0199. The average Bonchev–Trinajstić information content (AvgIpc) is 3.13. The standard InChI is InChI=1S/C13H16Br2N2O2S/c14-9-1-4-12(15)13(7-9)20(18,19)16-10-5-6-17(8-10)11-2-3-11/h1,4,7,10-11,16H,2-3,5-6,8H2. The summed E-state index contributed by atoms with van der Waals surface area (Å²) < 4.78 is 29.1. The van der Waals surface area contributed by atoms with Crippen molar-refractivity contribution in [3.05, 3.63) is 27.1 Å². The second-order valence-electron chi connectivity index (χ2n) is 5.41. The fraction of sp³-hybridized carbons (Fsp3) is 0.538. The molecule has 1 heterocycles. The van der Waals surface area contributed by atoms with Gasteiger partial charge in [-0.15, -0.1) is 0 Å². The normalized spacial score (nSPS) is 24.2. The van der Waals surface area contributed by atoms with E-state index in [4.69, 9.17) is 0 Å². The van der Waals surface area contributed by atoms with Gasteiger partial charge in [0.05, 0.1) is 4.90 Å². The zero-order valence-electron chi connectivity index (χ0n) is 10.9. The fourth-order valence-electron chi connectivity index (χ4n) is 2.62. The quantitative estimate of drug-likeness (QED) is 0.809. The Balaban J connectivity index is 1.73. The van der Waals surface area contributed by atoms with Crippen LogP contribution in [0.5, 0.6) is 0 Å². The lowest BCUT2D eigenvalue weighted by molar-refractivity contribution is 0.322. The van der Waals surface area contributed by atoms with Gasteiger partial charge in [0.1, 0.15) is 0 Å². The minimum Gasteiger partial charge on any atom is -0.299 e. The second-order valence-corrected chi connectivity index (χ2v) is 8.86. The molecule has 2 fully saturated rings. The lowest BCUT2D eigenvalue weighted by atomic mass is 10.3. The monoisotopic (exact) mass is 422 g/mol. The molecular weight excluding hydrogens is 408 g/mol. The summed E-state index contributed by atoms with van der Waals surface area (Å²) in [4.78, 5) is 2.68. The van der Waals surface area contributed by atoms with Crippen molar-refractivity contribution in [3.8, 4) is 0 Å². The first-order valence-electron chi connectivity index (χ1n) is 6.67. The van der Waals surface area contributed by atoms with Crippen molar-refractivity contribution in [2.75, 3.05) is 13.1 Å². The average molecular weight is 424 g/mol. The van der Waals surface area contributed by atoms with Crippen molar-refractivity contribution in [3.63, 3.8) is 0 Å². The van der Waals surface area contributed by atoms with Gasteiger partial charge in [-0.1, -0.05) is 15.9 Å². The van der Waals surface area contributed by atoms with Crippen molar-refractivity contribution < 1.29 is 8.42 Å². The largest absolute Gasteiger partial charge is 0.299 e. The molecule has 0 spiro atoms. The highest BCUT2D eigenvalue weighted by molar-refractivity contribution is 9.11. The van der Waals surface area contributed by atoms with E-state index < -0.39 is 10.0 Å². The van der Waals surface area contributed by atoms with Crippen LogP contribution in [0.4, 0.5) is 0 Å². The molecule has 1 N–H and O–H groups in total. The highest BCUT2D eigenvalue weighted by Crippen LogP contribution is 2.31. The zero-order chi connectivity index (χ0) is 14.3. The van der Waals surface area contributed by atoms with E-state index in [-0.39, 0.29) is 10.9 Å². The molecule has 1 atom stereocenters. The van der Waals surface area contributed by atoms with Crippen molar-refractivity contribution in [2.24, 2.45) is 0 Å². The number of sulfonamides is 1. The fourth-order valence-corrected chi connectivity index (χ4v) is 5.38. The number of nitrogens with one attached hydrogen (secondary N) is 1. The molecule has 1 aromatic rings. The maximum absolute atomic E-state index is 12.5. The van der Waals surface area contributed by atoms with Crippen molar-refractivity contribution >= 4 is 41.9 Å². The molecule has 0 radical (unpaired) electrons. The Morgan fingerprint density at radius 2 is 1.95 bits per heavy atom. The second kappa shape index (κ2) is 5.68. The van der Waals surface area contributed by atoms with Crippen LogP contribution in [-0.2, 0) is 10.0 Å². The first kappa shape index (κ1) is 15.0. The summed E-state index contributed by atoms with van der Waals surface area (Å²) >= 11 is 6.63. The third-order valence-electron chi connectivity index (χ3n) is 3.79. The Kier molecular flexibility index (Phi) is 4.25. The van der Waals surface area contributed by atoms with Crippen LogP contribution in [0, 0.1) is 0 Å². The summed E-state index contributed by atoms with van der Waals surface area (Å²) in [5.41, 5.74) is 0. The Morgan fingerprint density at radius 3 is 2.65 bits per heavy atom. The minimum atomic E-state index is -3.48. The van der Waals surface area contributed by atoms with Crippen molar-refractivity contribution in [2.45, 2.75) is 36.2 Å². The van der Waals surface area contributed by atoms with Gasteiger partial charge in [-0.3, -0.25) is 4.90 Å². The topological polar surface area (TPSA) is 49.4 Å². The SMILES string of the molecule is O=S(=O)(NC1CCN(C2CC2)C1)c1cc(Br)ccc1Br. The Bertz CT molecular complexity index is 617. The van der Waals surface area contributed by atoms with E-state index in [0.29, 0.717) is 10.5 Å². The number of hydrogen-bond acceptors (Lipinski definition) is 3. The van der Waals surface area contributed by atoms with Gasteiger partial charge in [-0.05, 0) is 53.4 Å². The molecule has 1 saturated carbocycles. The van der Waals surface area contributed by atoms with Gasteiger partial charge in [0.2, 0.25) is 10.0 Å². The number of hydrogen-bond donors (Lipinski definition) is 1. The number of halogens is 2. The Morgan fingerprint density at radius 1 is 1.20 bits per heavy atom. The highest BCUT2D eigenvalue weighted by Gasteiger charge is 2.36. The zero-order valence-corrected chi connectivity index (χ0v) is 14.8. The van der Waals surface area contributed by atoms with Crippen LogP contribution < -0.4 is 4.72 Å². The Labute approximate surface area is 136 Å². The number of benzene rings is 1. The summed E-state index contributed by atoms with van der Waals surface area (Å²) in [6, 6.07) is 5.89. The van der Waals surface area contributed by atoms with Crippen molar-refractivity contribution in [1.82, 2.24) is 9.62 Å². The molecule has 110 valence electrons. The number of nitrogens with zero attached hydrogens (tertiary/aromatic N) is 1. The lowest BCUT2D eigenvalue weighted by Crippen LogP contribution is -2.37. The summed E-state index contributed by atoms with van der Waals surface area (Å²) in [5, 5.41) is 0. The maximum atomic E-state index is 12.5. The van der Waals surface area contributed by atoms with Crippen LogP contribution in [0.1, 0.15) is 19.3 Å². The van der Waals surface area contributed by atoms with E-state index >= 15 is 0 Å². The molecular formula is C13H16Br2N2O2S. The van der Waals surface area contributed by atoms with Crippen LogP contribution in [0.3, 0.4) is 0 Å². The lowest BCUT2D eigenvalue weighted by Gasteiger charge is -2.16. The van der Waals surface area contributed by atoms with E-state index in [1.54, 1.807) is 12.1 Å². The van der Waals surface area contributed by atoms with Gasteiger partial charge < -0.3 is 0 Å². The van der Waals surface area contributed by atoms with E-state index in [2.05, 4.69) is 41.5 Å². The van der Waals surface area contributed by atoms with Gasteiger partial charge >= 0.3 is 0 Å². The van der Waals surface area contributed by atoms with Crippen LogP contribution in [0.25, 0.3) is 0 Å². The van der Waals surface area contributed by atoms with E-state index in [1.165, 1.54) is 12.8 Å².